The van der Waals surface area contributed by atoms with Crippen molar-refractivity contribution in [2.24, 2.45) is 7.05 Å². The predicted molar refractivity (Wildman–Crippen MR) is 104 cm³/mol. The molecule has 6 heteroatoms. The highest BCUT2D eigenvalue weighted by Gasteiger charge is 2.09. The number of pyridine rings is 2. The lowest BCUT2D eigenvalue weighted by molar-refractivity contribution is 0.861. The Morgan fingerprint density at radius 1 is 0.962 bits per heavy atom. The molecule has 0 radical (unpaired) electrons. The molecule has 0 amide bonds. The molecule has 5 rings (SSSR count). The predicted octanol–water partition coefficient (Wildman–Crippen LogP) is 3.98. The SMILES string of the molecule is Cn1cc(-c2ccc3c(-c4ccc5scnc5c4)cnn3c2)ccc1=O. The number of hydrogen-bond acceptors (Lipinski definition) is 4. The number of aromatic nitrogens is 4. The molecule has 0 saturated heterocycles. The summed E-state index contributed by atoms with van der Waals surface area (Å²) >= 11 is 1.64. The summed E-state index contributed by atoms with van der Waals surface area (Å²) in [6.45, 7) is 0. The first-order valence-corrected chi connectivity index (χ1v) is 9.05. The van der Waals surface area contributed by atoms with Crippen LogP contribution in [-0.2, 0) is 7.05 Å². The number of nitrogens with zero attached hydrogens (tertiary/aromatic N) is 4. The van der Waals surface area contributed by atoms with Gasteiger partial charge in [-0.25, -0.2) is 9.50 Å². The third-order valence-corrected chi connectivity index (χ3v) is 5.39. The highest BCUT2D eigenvalue weighted by molar-refractivity contribution is 7.16. The monoisotopic (exact) mass is 358 g/mol. The standard InChI is InChI=1S/C20H14N4OS/c1-23-10-14(4-7-20(23)25)15-2-5-18-16(9-22-24(18)11-15)13-3-6-19-17(8-13)21-12-26-19/h2-12H,1H3. The smallest absolute Gasteiger partial charge is 0.250 e. The van der Waals surface area contributed by atoms with Crippen LogP contribution < -0.4 is 5.56 Å². The quantitative estimate of drug-likeness (QED) is 0.480. The fraction of sp³-hybridized carbons (Fsp3) is 0.0500. The molecule has 0 aliphatic heterocycles. The molecule has 0 spiro atoms. The van der Waals surface area contributed by atoms with Gasteiger partial charge in [0.25, 0.3) is 0 Å². The van der Waals surface area contributed by atoms with Crippen LogP contribution >= 0.6 is 11.3 Å². The van der Waals surface area contributed by atoms with Crippen LogP contribution in [0.5, 0.6) is 0 Å². The van der Waals surface area contributed by atoms with Crippen molar-refractivity contribution in [1.82, 2.24) is 19.2 Å². The molecule has 0 aliphatic carbocycles. The van der Waals surface area contributed by atoms with Gasteiger partial charge in [-0.3, -0.25) is 4.79 Å². The first kappa shape index (κ1) is 15.0. The van der Waals surface area contributed by atoms with Crippen LogP contribution in [0.2, 0.25) is 0 Å². The van der Waals surface area contributed by atoms with Gasteiger partial charge in [0.05, 0.1) is 27.4 Å². The maximum atomic E-state index is 11.6. The Bertz CT molecular complexity index is 1330. The molecule has 0 aliphatic rings. The average Bonchev–Trinajstić information content (AvgIpc) is 3.29. The minimum Gasteiger partial charge on any atom is -0.318 e. The first-order valence-electron chi connectivity index (χ1n) is 8.17. The number of fused-ring (bicyclic) bond motifs is 2. The number of aryl methyl sites for hydroxylation is 1. The van der Waals surface area contributed by atoms with Crippen molar-refractivity contribution in [3.05, 3.63) is 76.9 Å². The van der Waals surface area contributed by atoms with Gasteiger partial charge in [-0.1, -0.05) is 12.1 Å². The molecule has 1 aromatic carbocycles. The van der Waals surface area contributed by atoms with Crippen LogP contribution in [0, 0.1) is 0 Å². The van der Waals surface area contributed by atoms with E-state index in [0.717, 1.165) is 33.3 Å². The Balaban J connectivity index is 1.63. The summed E-state index contributed by atoms with van der Waals surface area (Å²) in [6.07, 6.45) is 5.71. The summed E-state index contributed by atoms with van der Waals surface area (Å²) in [4.78, 5) is 16.0. The molecule has 26 heavy (non-hydrogen) atoms. The summed E-state index contributed by atoms with van der Waals surface area (Å²) in [5.41, 5.74) is 8.06. The Labute approximate surface area is 152 Å². The van der Waals surface area contributed by atoms with Crippen molar-refractivity contribution >= 4 is 27.1 Å². The van der Waals surface area contributed by atoms with Crippen molar-refractivity contribution in [2.75, 3.05) is 0 Å². The van der Waals surface area contributed by atoms with E-state index in [4.69, 9.17) is 0 Å². The van der Waals surface area contributed by atoms with Gasteiger partial charge in [-0.2, -0.15) is 5.10 Å². The van der Waals surface area contributed by atoms with Gasteiger partial charge in [-0.15, -0.1) is 11.3 Å². The third kappa shape index (κ3) is 2.34. The number of rotatable bonds is 2. The summed E-state index contributed by atoms with van der Waals surface area (Å²) < 4.78 is 4.64. The lowest BCUT2D eigenvalue weighted by atomic mass is 10.1. The molecule has 0 N–H and O–H groups in total. The van der Waals surface area contributed by atoms with E-state index in [2.05, 4.69) is 40.4 Å². The molecule has 0 saturated carbocycles. The zero-order chi connectivity index (χ0) is 17.7. The van der Waals surface area contributed by atoms with E-state index in [9.17, 15) is 4.79 Å². The Morgan fingerprint density at radius 3 is 2.65 bits per heavy atom. The van der Waals surface area contributed by atoms with Crippen LogP contribution in [-0.4, -0.2) is 19.2 Å². The number of thiazole rings is 1. The van der Waals surface area contributed by atoms with Crippen molar-refractivity contribution in [3.8, 4) is 22.3 Å². The lowest BCUT2D eigenvalue weighted by Gasteiger charge is -2.05. The van der Waals surface area contributed by atoms with Crippen molar-refractivity contribution in [2.45, 2.75) is 0 Å². The fourth-order valence-electron chi connectivity index (χ4n) is 3.17. The van der Waals surface area contributed by atoms with Crippen LogP contribution in [0.15, 0.2) is 71.4 Å². The van der Waals surface area contributed by atoms with E-state index in [1.807, 2.05) is 34.7 Å². The molecule has 0 bridgehead atoms. The van der Waals surface area contributed by atoms with Gasteiger partial charge >= 0.3 is 0 Å². The van der Waals surface area contributed by atoms with Gasteiger partial charge in [0.2, 0.25) is 5.56 Å². The van der Waals surface area contributed by atoms with Crippen LogP contribution in [0.3, 0.4) is 0 Å². The molecule has 4 heterocycles. The summed E-state index contributed by atoms with van der Waals surface area (Å²) in [5, 5.41) is 4.52. The van der Waals surface area contributed by atoms with Gasteiger partial charge in [0, 0.05) is 36.6 Å². The van der Waals surface area contributed by atoms with Crippen LogP contribution in [0.4, 0.5) is 0 Å². The van der Waals surface area contributed by atoms with Crippen LogP contribution in [0.25, 0.3) is 38.0 Å². The highest BCUT2D eigenvalue weighted by atomic mass is 32.1. The maximum absolute atomic E-state index is 11.6. The van der Waals surface area contributed by atoms with Crippen molar-refractivity contribution in [1.29, 1.82) is 0 Å². The van der Waals surface area contributed by atoms with E-state index in [-0.39, 0.29) is 5.56 Å². The largest absolute Gasteiger partial charge is 0.318 e. The van der Waals surface area contributed by atoms with E-state index in [1.54, 1.807) is 29.0 Å². The lowest BCUT2D eigenvalue weighted by Crippen LogP contribution is -2.13. The minimum absolute atomic E-state index is 0.0198. The second-order valence-corrected chi connectivity index (χ2v) is 7.09. The van der Waals surface area contributed by atoms with Gasteiger partial charge in [-0.05, 0) is 35.4 Å². The molecule has 126 valence electrons. The number of benzene rings is 1. The van der Waals surface area contributed by atoms with E-state index in [0.29, 0.717) is 0 Å². The molecule has 5 aromatic rings. The van der Waals surface area contributed by atoms with Gasteiger partial charge < -0.3 is 4.57 Å². The van der Waals surface area contributed by atoms with Gasteiger partial charge in [0.1, 0.15) is 0 Å². The molecule has 0 fully saturated rings. The van der Waals surface area contributed by atoms with Gasteiger partial charge in [0.15, 0.2) is 0 Å². The fourth-order valence-corrected chi connectivity index (χ4v) is 3.83. The molecule has 5 nitrogen and oxygen atoms in total. The Hall–Kier alpha value is -3.25. The zero-order valence-electron chi connectivity index (χ0n) is 14.0. The van der Waals surface area contributed by atoms with E-state index in [1.165, 1.54) is 4.70 Å². The Kier molecular flexibility index (Phi) is 3.26. The minimum atomic E-state index is -0.0198. The van der Waals surface area contributed by atoms with E-state index >= 15 is 0 Å². The van der Waals surface area contributed by atoms with Crippen molar-refractivity contribution in [3.63, 3.8) is 0 Å². The summed E-state index contributed by atoms with van der Waals surface area (Å²) in [6, 6.07) is 13.9. The Morgan fingerprint density at radius 2 is 1.77 bits per heavy atom. The van der Waals surface area contributed by atoms with E-state index < -0.39 is 0 Å². The van der Waals surface area contributed by atoms with Crippen LogP contribution in [0.1, 0.15) is 0 Å². The molecule has 0 unspecified atom stereocenters. The molecule has 0 atom stereocenters. The summed E-state index contributed by atoms with van der Waals surface area (Å²) in [5.74, 6) is 0. The molecular formula is C20H14N4OS. The first-order chi connectivity index (χ1) is 12.7. The topological polar surface area (TPSA) is 52.2 Å². The third-order valence-electron chi connectivity index (χ3n) is 4.58. The summed E-state index contributed by atoms with van der Waals surface area (Å²) in [7, 11) is 1.75. The average molecular weight is 358 g/mol. The van der Waals surface area contributed by atoms with Crippen molar-refractivity contribution < 1.29 is 0 Å². The maximum Gasteiger partial charge on any atom is 0.250 e. The second kappa shape index (κ2) is 5.64. The highest BCUT2D eigenvalue weighted by Crippen LogP contribution is 2.30. The second-order valence-electron chi connectivity index (χ2n) is 6.21. The normalized spacial score (nSPS) is 11.4. The zero-order valence-corrected chi connectivity index (χ0v) is 14.8. The number of hydrogen-bond donors (Lipinski definition) is 0. The molecule has 4 aromatic heterocycles. The molecular weight excluding hydrogens is 344 g/mol.